The minimum atomic E-state index is 0.671. The molecule has 5 nitrogen and oxygen atoms in total. The van der Waals surface area contributed by atoms with Gasteiger partial charge in [-0.3, -0.25) is 4.98 Å². The number of aryl methyl sites for hydroxylation is 1. The predicted octanol–water partition coefficient (Wildman–Crippen LogP) is 16.0. The van der Waals surface area contributed by atoms with E-state index in [1.165, 1.54) is 22.3 Å². The van der Waals surface area contributed by atoms with Crippen molar-refractivity contribution in [3.63, 3.8) is 0 Å². The fourth-order valence-electron chi connectivity index (χ4n) is 7.14. The van der Waals surface area contributed by atoms with Crippen LogP contribution >= 0.6 is 0 Å². The Morgan fingerprint density at radius 1 is 0.262 bits per heavy atom. The Morgan fingerprint density at radius 2 is 0.600 bits per heavy atom. The number of hydrogen-bond donors (Lipinski definition) is 0. The van der Waals surface area contributed by atoms with Gasteiger partial charge in [-0.15, -0.1) is 0 Å². The molecule has 10 aromatic rings. The van der Waals surface area contributed by atoms with Crippen molar-refractivity contribution in [3.05, 3.63) is 236 Å². The lowest BCUT2D eigenvalue weighted by atomic mass is 10.0. The first-order valence-corrected chi connectivity index (χ1v) is 22.3. The molecule has 10 rings (SSSR count). The molecule has 0 fully saturated rings. The minimum Gasteiger partial charge on any atom is -0.264 e. The molecule has 0 bridgehead atoms. The molecule has 0 aliphatic heterocycles. The van der Waals surface area contributed by atoms with Gasteiger partial charge in [-0.1, -0.05) is 215 Å². The summed E-state index contributed by atoms with van der Waals surface area (Å²) in [7, 11) is 0. The molecule has 0 saturated carbocycles. The van der Waals surface area contributed by atoms with Crippen molar-refractivity contribution in [3.8, 4) is 90.1 Å². The highest BCUT2D eigenvalue weighted by molar-refractivity contribution is 5.77. The number of hydrogen-bond acceptors (Lipinski definition) is 5. The number of benzene rings is 7. The second kappa shape index (κ2) is 22.8. The molecule has 7 aromatic carbocycles. The van der Waals surface area contributed by atoms with Crippen molar-refractivity contribution in [2.75, 3.05) is 0 Å². The van der Waals surface area contributed by atoms with Crippen LogP contribution in [-0.4, -0.2) is 24.9 Å². The van der Waals surface area contributed by atoms with E-state index in [1.54, 1.807) is 12.4 Å². The Hall–Kier alpha value is -8.15. The van der Waals surface area contributed by atoms with Crippen LogP contribution in [0.5, 0.6) is 0 Å². The molecule has 0 aliphatic carbocycles. The quantitative estimate of drug-likeness (QED) is 0.152. The molecule has 3 aromatic heterocycles. The van der Waals surface area contributed by atoms with Crippen LogP contribution in [0.2, 0.25) is 0 Å². The highest BCUT2D eigenvalue weighted by Crippen LogP contribution is 2.32. The van der Waals surface area contributed by atoms with Crippen LogP contribution in [0.3, 0.4) is 0 Å². The molecule has 5 heteroatoms. The lowest BCUT2D eigenvalue weighted by Gasteiger charge is -2.11. The Bertz CT molecular complexity index is 2940. The van der Waals surface area contributed by atoms with Gasteiger partial charge < -0.3 is 0 Å². The zero-order valence-electron chi connectivity index (χ0n) is 37.7. The maximum atomic E-state index is 4.95. The average Bonchev–Trinajstić information content (AvgIpc) is 3.41. The summed E-state index contributed by atoms with van der Waals surface area (Å²) < 4.78 is 0. The number of nitrogens with zero attached hydrogens (tertiary/aromatic N) is 5. The van der Waals surface area contributed by atoms with E-state index >= 15 is 0 Å². The molecule has 0 atom stereocenters. The van der Waals surface area contributed by atoms with Gasteiger partial charge in [-0.25, -0.2) is 19.9 Å². The summed E-state index contributed by atoms with van der Waals surface area (Å²) in [5, 5.41) is 0. The van der Waals surface area contributed by atoms with Crippen LogP contribution < -0.4 is 0 Å². The van der Waals surface area contributed by atoms with Gasteiger partial charge in [0.1, 0.15) is 0 Å². The molecule has 0 radical (unpaired) electrons. The summed E-state index contributed by atoms with van der Waals surface area (Å²) in [4.78, 5) is 23.8. The van der Waals surface area contributed by atoms with E-state index < -0.39 is 0 Å². The van der Waals surface area contributed by atoms with Gasteiger partial charge in [-0.05, 0) is 65.6 Å². The molecule has 0 aliphatic rings. The lowest BCUT2D eigenvalue weighted by Crippen LogP contribution is -1.96. The van der Waals surface area contributed by atoms with Crippen molar-refractivity contribution >= 4 is 0 Å². The Morgan fingerprint density at radius 3 is 1.00 bits per heavy atom. The van der Waals surface area contributed by atoms with E-state index in [9.17, 15) is 0 Å². The number of aromatic nitrogens is 5. The monoisotopic (exact) mass is 843 g/mol. The maximum Gasteiger partial charge on any atom is 0.161 e. The van der Waals surface area contributed by atoms with Gasteiger partial charge in [0.05, 0.1) is 22.8 Å². The third kappa shape index (κ3) is 11.7. The molecule has 0 N–H and O–H groups in total. The topological polar surface area (TPSA) is 64.5 Å². The van der Waals surface area contributed by atoms with Gasteiger partial charge in [0.25, 0.3) is 0 Å². The fraction of sp³-hybridized carbons (Fsp3) is 0.0833. The Balaban J connectivity index is 0.000000180. The first-order chi connectivity index (χ1) is 32.1. The van der Waals surface area contributed by atoms with Gasteiger partial charge in [0.2, 0.25) is 0 Å². The number of pyridine rings is 1. The minimum absolute atomic E-state index is 0.671. The second-order valence-electron chi connectivity index (χ2n) is 14.7. The zero-order chi connectivity index (χ0) is 45.2. The van der Waals surface area contributed by atoms with Gasteiger partial charge in [0.15, 0.2) is 11.6 Å². The van der Waals surface area contributed by atoms with Crippen molar-refractivity contribution < 1.29 is 0 Å². The predicted molar refractivity (Wildman–Crippen MR) is 273 cm³/mol. The van der Waals surface area contributed by atoms with Crippen LogP contribution in [0.1, 0.15) is 33.3 Å². The molecular weight excluding hydrogens is 791 g/mol. The summed E-state index contributed by atoms with van der Waals surface area (Å²) in [5.41, 5.74) is 15.8. The summed E-state index contributed by atoms with van der Waals surface area (Å²) >= 11 is 0. The van der Waals surface area contributed by atoms with Crippen LogP contribution in [0.15, 0.2) is 231 Å². The smallest absolute Gasteiger partial charge is 0.161 e. The molecule has 65 heavy (non-hydrogen) atoms. The van der Waals surface area contributed by atoms with E-state index in [2.05, 4.69) is 170 Å². The molecule has 0 saturated heterocycles. The van der Waals surface area contributed by atoms with Crippen molar-refractivity contribution in [1.82, 2.24) is 24.9 Å². The van der Waals surface area contributed by atoms with E-state index in [-0.39, 0.29) is 0 Å². The first-order valence-electron chi connectivity index (χ1n) is 22.3. The van der Waals surface area contributed by atoms with Gasteiger partial charge in [0, 0.05) is 45.8 Å². The largest absolute Gasteiger partial charge is 0.264 e. The first kappa shape index (κ1) is 44.9. The SMILES string of the molecule is CC.CC.Cc1ccc(-c2nc(-c3ccccc3)cc(-c3cccc(-c4ccccc4)c3)n2)cc1.c1ccc(-c2cccc(-c3cc(-c4ccccc4)nc(-c4cccnc4)n3)c2)cc1. The van der Waals surface area contributed by atoms with E-state index in [1.807, 2.05) is 88.4 Å². The Kier molecular flexibility index (Phi) is 15.7. The maximum absolute atomic E-state index is 4.95. The van der Waals surface area contributed by atoms with Crippen molar-refractivity contribution in [1.29, 1.82) is 0 Å². The van der Waals surface area contributed by atoms with Crippen molar-refractivity contribution in [2.24, 2.45) is 0 Å². The third-order valence-electron chi connectivity index (χ3n) is 10.4. The van der Waals surface area contributed by atoms with E-state index in [0.717, 1.165) is 67.5 Å². The Labute approximate surface area is 384 Å². The summed E-state index contributed by atoms with van der Waals surface area (Å²) in [6, 6.07) is 74.7. The fourth-order valence-corrected chi connectivity index (χ4v) is 7.14. The molecule has 0 unspecified atom stereocenters. The summed E-state index contributed by atoms with van der Waals surface area (Å²) in [5.74, 6) is 1.41. The summed E-state index contributed by atoms with van der Waals surface area (Å²) in [6.07, 6.45) is 3.56. The zero-order valence-corrected chi connectivity index (χ0v) is 37.7. The second-order valence-corrected chi connectivity index (χ2v) is 14.7. The molecule has 3 heterocycles. The molecular formula is C60H53N5. The summed E-state index contributed by atoms with van der Waals surface area (Å²) in [6.45, 7) is 10.1. The van der Waals surface area contributed by atoms with Crippen LogP contribution in [0.4, 0.5) is 0 Å². The van der Waals surface area contributed by atoms with E-state index in [4.69, 9.17) is 19.9 Å². The van der Waals surface area contributed by atoms with Crippen molar-refractivity contribution in [2.45, 2.75) is 34.6 Å². The average molecular weight is 844 g/mol. The van der Waals surface area contributed by atoms with Crippen LogP contribution in [-0.2, 0) is 0 Å². The molecule has 318 valence electrons. The van der Waals surface area contributed by atoms with Crippen LogP contribution in [0, 0.1) is 6.92 Å². The normalized spacial score (nSPS) is 10.2. The molecule has 0 spiro atoms. The van der Waals surface area contributed by atoms with Gasteiger partial charge in [-0.2, -0.15) is 0 Å². The number of rotatable bonds is 8. The molecule has 0 amide bonds. The standard InChI is InChI=1S/C29H22N2.C27H19N3.2C2H6/c1-21-15-17-24(18-16-21)29-30-27(23-11-6-3-7-12-23)20-28(31-29)26-14-8-13-25(19-26)22-9-4-2-5-10-22;1-3-9-20(10-4-1)22-13-7-14-23(17-22)26-18-25(21-11-5-2-6-12-21)29-27(30-26)24-15-8-16-28-19-24;2*1-2/h2-20H,1H3;1-19H;2*1-2H3. The van der Waals surface area contributed by atoms with E-state index in [0.29, 0.717) is 5.82 Å². The van der Waals surface area contributed by atoms with Gasteiger partial charge >= 0.3 is 0 Å². The highest BCUT2D eigenvalue weighted by Gasteiger charge is 2.13. The lowest BCUT2D eigenvalue weighted by molar-refractivity contribution is 1.17. The third-order valence-corrected chi connectivity index (χ3v) is 10.4. The highest BCUT2D eigenvalue weighted by atomic mass is 14.9. The van der Waals surface area contributed by atoms with Crippen LogP contribution in [0.25, 0.3) is 90.1 Å².